The van der Waals surface area contributed by atoms with Crippen LogP contribution in [0.1, 0.15) is 29.9 Å². The maximum absolute atomic E-state index is 12.0. The zero-order valence-corrected chi connectivity index (χ0v) is 13.3. The van der Waals surface area contributed by atoms with E-state index in [2.05, 4.69) is 14.0 Å². The first-order valence-electron chi connectivity index (χ1n) is 6.23. The Kier molecular flexibility index (Phi) is 6.20. The summed E-state index contributed by atoms with van der Waals surface area (Å²) in [5.74, 6) is -0.641. The first kappa shape index (κ1) is 17.5. The quantitative estimate of drug-likeness (QED) is 0.562. The van der Waals surface area contributed by atoms with Crippen molar-refractivity contribution in [2.24, 2.45) is 0 Å². The van der Waals surface area contributed by atoms with Crippen molar-refractivity contribution >= 4 is 19.1 Å². The summed E-state index contributed by atoms with van der Waals surface area (Å²) in [5.41, 5.74) is -0.431. The molecule has 0 aliphatic rings. The van der Waals surface area contributed by atoms with Crippen molar-refractivity contribution in [3.8, 4) is 0 Å². The van der Waals surface area contributed by atoms with Crippen LogP contribution in [0.25, 0.3) is 0 Å². The fourth-order valence-electron chi connectivity index (χ4n) is 1.57. The highest BCUT2D eigenvalue weighted by Crippen LogP contribution is 2.48. The highest BCUT2D eigenvalue weighted by Gasteiger charge is 2.33. The molecule has 7 nitrogen and oxygen atoms in total. The molecule has 0 N–H and O–H groups in total. The Balaban J connectivity index is 3.02. The highest BCUT2D eigenvalue weighted by molar-refractivity contribution is 7.71. The summed E-state index contributed by atoms with van der Waals surface area (Å²) in [6.07, 6.45) is 0.805. The number of pyridine rings is 1. The van der Waals surface area contributed by atoms with Gasteiger partial charge in [-0.3, -0.25) is 9.36 Å². The molecule has 0 aliphatic carbocycles. The predicted molar refractivity (Wildman–Crippen MR) is 75.1 cm³/mol. The van der Waals surface area contributed by atoms with E-state index in [9.17, 15) is 14.2 Å². The molecule has 0 bridgehead atoms. The molecule has 0 fully saturated rings. The van der Waals surface area contributed by atoms with E-state index in [1.54, 1.807) is 19.9 Å². The third-order valence-electron chi connectivity index (χ3n) is 2.56. The van der Waals surface area contributed by atoms with Crippen LogP contribution in [-0.2, 0) is 29.6 Å². The van der Waals surface area contributed by atoms with Crippen LogP contribution in [0.4, 0.5) is 0 Å². The molecule has 21 heavy (non-hydrogen) atoms. The Morgan fingerprint density at radius 1 is 1.29 bits per heavy atom. The van der Waals surface area contributed by atoms with Gasteiger partial charge in [-0.05, 0) is 25.5 Å². The van der Waals surface area contributed by atoms with Crippen molar-refractivity contribution in [3.05, 3.63) is 29.6 Å². The second-order valence-electron chi connectivity index (χ2n) is 4.40. The maximum Gasteiger partial charge on any atom is 0.396 e. The van der Waals surface area contributed by atoms with Crippen molar-refractivity contribution in [2.75, 3.05) is 14.2 Å². The Labute approximate surface area is 123 Å². The molecule has 1 rings (SSSR count). The summed E-state index contributed by atoms with van der Waals surface area (Å²) in [6.45, 7) is 3.41. The van der Waals surface area contributed by atoms with Crippen LogP contribution in [0.3, 0.4) is 0 Å². The average molecular weight is 315 g/mol. The number of hydrogen-bond donors (Lipinski definition) is 0. The van der Waals surface area contributed by atoms with E-state index in [1.165, 1.54) is 12.3 Å². The lowest BCUT2D eigenvalue weighted by molar-refractivity contribution is -0.113. The molecule has 0 saturated carbocycles. The van der Waals surface area contributed by atoms with Gasteiger partial charge in [0, 0.05) is 26.8 Å². The van der Waals surface area contributed by atoms with Gasteiger partial charge in [0.2, 0.25) is 5.52 Å². The molecule has 1 aromatic heterocycles. The van der Waals surface area contributed by atoms with E-state index >= 15 is 0 Å². The molecule has 0 saturated heterocycles. The minimum atomic E-state index is -3.83. The van der Waals surface area contributed by atoms with Crippen LogP contribution in [0.15, 0.2) is 18.3 Å². The first-order chi connectivity index (χ1) is 9.84. The van der Waals surface area contributed by atoms with Crippen molar-refractivity contribution < 1.29 is 27.9 Å². The summed E-state index contributed by atoms with van der Waals surface area (Å²) in [4.78, 5) is 27.8. The minimum absolute atomic E-state index is 0.0123. The smallest absolute Gasteiger partial charge is 0.396 e. The summed E-state index contributed by atoms with van der Waals surface area (Å²) < 4.78 is 26.3. The molecule has 8 heteroatoms. The van der Waals surface area contributed by atoms with Crippen LogP contribution >= 0.6 is 7.60 Å². The summed E-state index contributed by atoms with van der Waals surface area (Å²) in [6, 6.07) is 3.11. The SMILES string of the molecule is COP(=O)(OC)C(=O)Cc1cccnc1C(=O)OC(C)C. The van der Waals surface area contributed by atoms with Gasteiger partial charge >= 0.3 is 13.6 Å². The van der Waals surface area contributed by atoms with Crippen molar-refractivity contribution in [1.29, 1.82) is 0 Å². The second-order valence-corrected chi connectivity index (χ2v) is 6.62. The Morgan fingerprint density at radius 3 is 2.43 bits per heavy atom. The molecule has 0 spiro atoms. The molecule has 0 atom stereocenters. The molecule has 0 radical (unpaired) electrons. The monoisotopic (exact) mass is 315 g/mol. The molecule has 0 aliphatic heterocycles. The number of aromatic nitrogens is 1. The molecule has 0 aromatic carbocycles. The zero-order valence-electron chi connectivity index (χ0n) is 12.4. The van der Waals surface area contributed by atoms with E-state index in [1.807, 2.05) is 0 Å². The standard InChI is InChI=1S/C13H18NO6P/c1-9(2)20-13(16)12-10(6-5-7-14-12)8-11(15)21(17,18-3)19-4/h5-7,9H,8H2,1-4H3. The van der Waals surface area contributed by atoms with Crippen LogP contribution in [-0.4, -0.2) is 36.8 Å². The van der Waals surface area contributed by atoms with Gasteiger partial charge < -0.3 is 13.8 Å². The van der Waals surface area contributed by atoms with Gasteiger partial charge in [-0.15, -0.1) is 0 Å². The topological polar surface area (TPSA) is 91.8 Å². The Morgan fingerprint density at radius 2 is 1.90 bits per heavy atom. The Bertz CT molecular complexity index is 564. The average Bonchev–Trinajstić information content (AvgIpc) is 2.46. The largest absolute Gasteiger partial charge is 0.458 e. The molecular weight excluding hydrogens is 297 g/mol. The van der Waals surface area contributed by atoms with Crippen LogP contribution in [0, 0.1) is 0 Å². The highest BCUT2D eigenvalue weighted by atomic mass is 31.2. The Hall–Kier alpha value is -1.56. The third kappa shape index (κ3) is 4.46. The number of hydrogen-bond acceptors (Lipinski definition) is 7. The van der Waals surface area contributed by atoms with Gasteiger partial charge in [0.05, 0.1) is 6.10 Å². The van der Waals surface area contributed by atoms with Gasteiger partial charge in [0.15, 0.2) is 5.69 Å². The fraction of sp³-hybridized carbons (Fsp3) is 0.462. The van der Waals surface area contributed by atoms with Crippen LogP contribution < -0.4 is 0 Å². The third-order valence-corrected chi connectivity index (χ3v) is 4.29. The number of ether oxygens (including phenoxy) is 1. The van der Waals surface area contributed by atoms with Crippen LogP contribution in [0.5, 0.6) is 0 Å². The number of carbonyl (C=O) groups is 2. The number of nitrogens with zero attached hydrogens (tertiary/aromatic N) is 1. The normalized spacial score (nSPS) is 11.5. The van der Waals surface area contributed by atoms with Gasteiger partial charge in [-0.25, -0.2) is 9.78 Å². The molecule has 1 heterocycles. The lowest BCUT2D eigenvalue weighted by atomic mass is 10.1. The fourth-order valence-corrected chi connectivity index (χ4v) is 2.49. The summed E-state index contributed by atoms with van der Waals surface area (Å²) >= 11 is 0. The molecule has 0 unspecified atom stereocenters. The lowest BCUT2D eigenvalue weighted by Gasteiger charge is -2.13. The van der Waals surface area contributed by atoms with Gasteiger partial charge in [0.25, 0.3) is 0 Å². The summed E-state index contributed by atoms with van der Waals surface area (Å²) in [5, 5.41) is 0. The molecule has 116 valence electrons. The zero-order chi connectivity index (χ0) is 16.0. The van der Waals surface area contributed by atoms with E-state index in [0.29, 0.717) is 5.56 Å². The van der Waals surface area contributed by atoms with E-state index in [4.69, 9.17) is 4.74 Å². The molecule has 0 amide bonds. The lowest BCUT2D eigenvalue weighted by Crippen LogP contribution is -2.17. The number of rotatable bonds is 7. The number of esters is 1. The van der Waals surface area contributed by atoms with Gasteiger partial charge in [-0.1, -0.05) is 6.07 Å². The molecular formula is C13H18NO6P. The van der Waals surface area contributed by atoms with E-state index < -0.39 is 19.1 Å². The minimum Gasteiger partial charge on any atom is -0.458 e. The van der Waals surface area contributed by atoms with Gasteiger partial charge in [-0.2, -0.15) is 0 Å². The van der Waals surface area contributed by atoms with Crippen LogP contribution in [0.2, 0.25) is 0 Å². The van der Waals surface area contributed by atoms with E-state index in [0.717, 1.165) is 14.2 Å². The van der Waals surface area contributed by atoms with Crippen molar-refractivity contribution in [1.82, 2.24) is 4.98 Å². The second kappa shape index (κ2) is 7.45. The maximum atomic E-state index is 12.0. The first-order valence-corrected chi connectivity index (χ1v) is 7.78. The van der Waals surface area contributed by atoms with Gasteiger partial charge in [0.1, 0.15) is 0 Å². The molecule has 1 aromatic rings. The summed E-state index contributed by atoms with van der Waals surface area (Å²) in [7, 11) is -1.59. The van der Waals surface area contributed by atoms with E-state index in [-0.39, 0.29) is 18.2 Å². The van der Waals surface area contributed by atoms with Crippen molar-refractivity contribution in [3.63, 3.8) is 0 Å². The van der Waals surface area contributed by atoms with Crippen molar-refractivity contribution in [2.45, 2.75) is 26.4 Å². The predicted octanol–water partition coefficient (Wildman–Crippen LogP) is 2.20. The number of carbonyl (C=O) groups excluding carboxylic acids is 2.